The molecule has 134 valence electrons. The zero-order valence-corrected chi connectivity index (χ0v) is 15.4. The summed E-state index contributed by atoms with van der Waals surface area (Å²) in [4.78, 5) is 6.49. The monoisotopic (exact) mass is 393 g/mol. The molecule has 4 aliphatic rings. The molecule has 3 unspecified atom stereocenters. The highest BCUT2D eigenvalue weighted by atomic mass is 35.5. The van der Waals surface area contributed by atoms with Gasteiger partial charge in [-0.3, -0.25) is 0 Å². The number of amidine groups is 1. The fourth-order valence-corrected chi connectivity index (χ4v) is 5.35. The second kappa shape index (κ2) is 6.02. The van der Waals surface area contributed by atoms with Gasteiger partial charge in [0.25, 0.3) is 10.2 Å². The van der Waals surface area contributed by atoms with Crippen molar-refractivity contribution in [3.63, 3.8) is 0 Å². The Morgan fingerprint density at radius 3 is 2.42 bits per heavy atom. The summed E-state index contributed by atoms with van der Waals surface area (Å²) in [5.41, 5.74) is -0.415. The Morgan fingerprint density at radius 2 is 1.88 bits per heavy atom. The maximum atomic E-state index is 11.5. The van der Waals surface area contributed by atoms with Crippen molar-refractivity contribution >= 4 is 39.2 Å². The molecule has 7 nitrogen and oxygen atoms in total. The summed E-state index contributed by atoms with van der Waals surface area (Å²) < 4.78 is 24.3. The van der Waals surface area contributed by atoms with Gasteiger partial charge in [-0.2, -0.15) is 12.7 Å². The van der Waals surface area contributed by atoms with Crippen molar-refractivity contribution in [2.24, 2.45) is 22.0 Å². The minimum absolute atomic E-state index is 0.236. The van der Waals surface area contributed by atoms with Crippen LogP contribution < -0.4 is 10.5 Å². The Bertz CT molecular complexity index is 679. The van der Waals surface area contributed by atoms with Crippen LogP contribution in [0, 0.1) is 11.8 Å². The molecule has 2 aliphatic heterocycles. The molecule has 4 rings (SSSR count). The molecule has 0 amide bonds. The van der Waals surface area contributed by atoms with E-state index in [4.69, 9.17) is 28.3 Å². The number of hydrogen-bond acceptors (Lipinski definition) is 5. The van der Waals surface area contributed by atoms with Crippen LogP contribution in [0.4, 0.5) is 0 Å². The molecule has 0 aromatic carbocycles. The van der Waals surface area contributed by atoms with Gasteiger partial charge in [-0.15, -0.1) is 0 Å². The third-order valence-electron chi connectivity index (χ3n) is 5.36. The Kier molecular flexibility index (Phi) is 4.24. The standard InChI is InChI=1S/C14H21Cl2N5O2S/c15-12-7-21(11-1-2-11)14(16)19-13(12)18-10-3-8-5-20(24(17,22)23)6-9(8)4-10/h7-11,14H,1-6H2,(H,18,19)(H2,17,22,23). The number of nitrogens with one attached hydrogen (secondary N) is 1. The third-order valence-corrected chi connectivity index (χ3v) is 6.97. The van der Waals surface area contributed by atoms with Gasteiger partial charge in [0.1, 0.15) is 5.84 Å². The molecule has 0 aromatic heterocycles. The average molecular weight is 394 g/mol. The van der Waals surface area contributed by atoms with Crippen molar-refractivity contribution in [1.82, 2.24) is 14.5 Å². The highest BCUT2D eigenvalue weighted by Gasteiger charge is 2.44. The van der Waals surface area contributed by atoms with E-state index in [1.165, 1.54) is 4.31 Å². The van der Waals surface area contributed by atoms with Crippen LogP contribution in [0.5, 0.6) is 0 Å². The number of aliphatic imine (C=N–C) groups is 1. The van der Waals surface area contributed by atoms with Gasteiger partial charge in [0.05, 0.1) is 5.03 Å². The van der Waals surface area contributed by atoms with Gasteiger partial charge < -0.3 is 10.2 Å². The first-order valence-corrected chi connectivity index (χ1v) is 10.5. The molecule has 1 saturated heterocycles. The molecule has 3 N–H and O–H groups in total. The zero-order valence-electron chi connectivity index (χ0n) is 13.1. The molecular formula is C14H21Cl2N5O2S. The summed E-state index contributed by atoms with van der Waals surface area (Å²) in [5.74, 6) is 1.31. The van der Waals surface area contributed by atoms with Crippen LogP contribution in [0.1, 0.15) is 25.7 Å². The van der Waals surface area contributed by atoms with Gasteiger partial charge in [-0.25, -0.2) is 10.1 Å². The molecule has 3 atom stereocenters. The van der Waals surface area contributed by atoms with Crippen LogP contribution in [0.3, 0.4) is 0 Å². The van der Waals surface area contributed by atoms with Crippen LogP contribution >= 0.6 is 23.2 Å². The number of nitrogens with two attached hydrogens (primary N) is 1. The quantitative estimate of drug-likeness (QED) is 0.551. The Balaban J connectivity index is 1.37. The predicted octanol–water partition coefficient (Wildman–Crippen LogP) is 0.969. The Labute approximate surface area is 152 Å². The number of fused-ring (bicyclic) bond motifs is 1. The number of halogens is 2. The SMILES string of the molecule is NS(=O)(=O)N1CC2CC(NC3=NC(Cl)N(C4CC4)C=C3Cl)CC2C1. The lowest BCUT2D eigenvalue weighted by Crippen LogP contribution is -2.41. The van der Waals surface area contributed by atoms with Gasteiger partial charge in [0.2, 0.25) is 0 Å². The van der Waals surface area contributed by atoms with Crippen LogP contribution in [0.15, 0.2) is 16.2 Å². The van der Waals surface area contributed by atoms with E-state index in [-0.39, 0.29) is 6.04 Å². The van der Waals surface area contributed by atoms with Crippen LogP contribution in [-0.4, -0.2) is 54.3 Å². The number of alkyl halides is 1. The first-order valence-electron chi connectivity index (χ1n) is 8.22. The maximum Gasteiger partial charge on any atom is 0.276 e. The van der Waals surface area contributed by atoms with Crippen molar-refractivity contribution in [2.45, 2.75) is 43.4 Å². The normalized spacial score (nSPS) is 37.2. The molecule has 0 aromatic rings. The second-order valence-corrected chi connectivity index (χ2v) is 9.48. The lowest BCUT2D eigenvalue weighted by Gasteiger charge is -2.29. The summed E-state index contributed by atoms with van der Waals surface area (Å²) in [6.07, 6.45) is 5.92. The topological polar surface area (TPSA) is 91.0 Å². The van der Waals surface area contributed by atoms with E-state index in [1.54, 1.807) is 0 Å². The van der Waals surface area contributed by atoms with E-state index in [9.17, 15) is 8.42 Å². The summed E-state index contributed by atoms with van der Waals surface area (Å²) >= 11 is 12.7. The molecule has 2 aliphatic carbocycles. The zero-order chi connectivity index (χ0) is 17.1. The first-order chi connectivity index (χ1) is 11.3. The fraction of sp³-hybridized carbons (Fsp3) is 0.786. The van der Waals surface area contributed by atoms with E-state index in [2.05, 4.69) is 10.3 Å². The van der Waals surface area contributed by atoms with E-state index < -0.39 is 15.8 Å². The van der Waals surface area contributed by atoms with Crippen molar-refractivity contribution in [3.8, 4) is 0 Å². The summed E-state index contributed by atoms with van der Waals surface area (Å²) in [5, 5.41) is 9.21. The fourth-order valence-electron chi connectivity index (χ4n) is 4.02. The first kappa shape index (κ1) is 16.9. The second-order valence-electron chi connectivity index (χ2n) is 7.14. The molecule has 0 radical (unpaired) electrons. The smallest absolute Gasteiger partial charge is 0.276 e. The third kappa shape index (κ3) is 3.26. The molecule has 2 saturated carbocycles. The van der Waals surface area contributed by atoms with Gasteiger partial charge >= 0.3 is 0 Å². The van der Waals surface area contributed by atoms with E-state index in [0.29, 0.717) is 41.8 Å². The number of rotatable bonds is 3. The van der Waals surface area contributed by atoms with Gasteiger partial charge in [-0.1, -0.05) is 23.2 Å². The predicted molar refractivity (Wildman–Crippen MR) is 93.7 cm³/mol. The van der Waals surface area contributed by atoms with Crippen LogP contribution in [0.25, 0.3) is 0 Å². The average Bonchev–Trinajstić information content (AvgIpc) is 3.12. The van der Waals surface area contributed by atoms with E-state index in [1.807, 2.05) is 11.1 Å². The highest BCUT2D eigenvalue weighted by Crippen LogP contribution is 2.39. The van der Waals surface area contributed by atoms with Crippen molar-refractivity contribution in [1.29, 1.82) is 0 Å². The largest absolute Gasteiger partial charge is 0.366 e. The Hall–Kier alpha value is -0.540. The highest BCUT2D eigenvalue weighted by molar-refractivity contribution is 7.86. The maximum absolute atomic E-state index is 11.5. The van der Waals surface area contributed by atoms with Gasteiger partial charge in [0, 0.05) is 31.4 Å². The van der Waals surface area contributed by atoms with E-state index in [0.717, 1.165) is 25.7 Å². The van der Waals surface area contributed by atoms with Gasteiger partial charge in [0.15, 0.2) is 5.62 Å². The molecule has 24 heavy (non-hydrogen) atoms. The molecular weight excluding hydrogens is 373 g/mol. The van der Waals surface area contributed by atoms with Crippen LogP contribution in [0.2, 0.25) is 0 Å². The van der Waals surface area contributed by atoms with E-state index >= 15 is 0 Å². The minimum Gasteiger partial charge on any atom is -0.366 e. The molecule has 0 spiro atoms. The molecule has 10 heteroatoms. The van der Waals surface area contributed by atoms with Crippen LogP contribution in [-0.2, 0) is 10.2 Å². The Morgan fingerprint density at radius 1 is 1.25 bits per heavy atom. The minimum atomic E-state index is -3.58. The molecule has 3 fully saturated rings. The lowest BCUT2D eigenvalue weighted by molar-refractivity contribution is 0.338. The number of hydrogen-bond donors (Lipinski definition) is 2. The molecule has 0 bridgehead atoms. The van der Waals surface area contributed by atoms with Crippen molar-refractivity contribution in [2.75, 3.05) is 13.1 Å². The summed E-state index contributed by atoms with van der Waals surface area (Å²) in [7, 11) is -3.58. The van der Waals surface area contributed by atoms with Crippen molar-refractivity contribution < 1.29 is 8.42 Å². The number of nitrogens with zero attached hydrogens (tertiary/aromatic N) is 3. The molecule has 2 heterocycles. The lowest BCUT2D eigenvalue weighted by atomic mass is 10.0. The van der Waals surface area contributed by atoms with Crippen molar-refractivity contribution in [3.05, 3.63) is 11.2 Å². The van der Waals surface area contributed by atoms with Gasteiger partial charge in [-0.05, 0) is 37.5 Å². The summed E-state index contributed by atoms with van der Waals surface area (Å²) in [6.45, 7) is 1.01. The summed E-state index contributed by atoms with van der Waals surface area (Å²) in [6, 6.07) is 0.696.